The van der Waals surface area contributed by atoms with Crippen LogP contribution in [0.4, 0.5) is 0 Å². The number of hydrogen-bond donors (Lipinski definition) is 2. The van der Waals surface area contributed by atoms with Gasteiger partial charge in [0, 0.05) is 19.3 Å². The van der Waals surface area contributed by atoms with Gasteiger partial charge in [-0.15, -0.1) is 0 Å². The van der Waals surface area contributed by atoms with E-state index in [9.17, 15) is 9.90 Å². The SMILES string of the molecule is CNC(=O)c1cc(Oc2ccccc2O)ccn1. The minimum Gasteiger partial charge on any atom is -0.504 e. The summed E-state index contributed by atoms with van der Waals surface area (Å²) in [6.45, 7) is 0. The Kier molecular flexibility index (Phi) is 3.43. The quantitative estimate of drug-likeness (QED) is 0.865. The second kappa shape index (κ2) is 5.18. The van der Waals surface area contributed by atoms with Gasteiger partial charge < -0.3 is 15.2 Å². The van der Waals surface area contributed by atoms with E-state index >= 15 is 0 Å². The average molecular weight is 244 g/mol. The first kappa shape index (κ1) is 11.9. The van der Waals surface area contributed by atoms with E-state index in [2.05, 4.69) is 10.3 Å². The minimum atomic E-state index is -0.294. The van der Waals surface area contributed by atoms with Crippen LogP contribution in [0.2, 0.25) is 0 Å². The summed E-state index contributed by atoms with van der Waals surface area (Å²) in [5.41, 5.74) is 0.255. The molecule has 0 aliphatic heterocycles. The number of aromatic hydroxyl groups is 1. The number of phenolic OH excluding ortho intramolecular Hbond substituents is 1. The summed E-state index contributed by atoms with van der Waals surface area (Å²) in [7, 11) is 1.53. The summed E-state index contributed by atoms with van der Waals surface area (Å²) in [5.74, 6) is 0.505. The molecule has 0 unspecified atom stereocenters. The third-order valence-electron chi connectivity index (χ3n) is 2.28. The highest BCUT2D eigenvalue weighted by Gasteiger charge is 2.08. The molecule has 18 heavy (non-hydrogen) atoms. The first-order valence-corrected chi connectivity index (χ1v) is 5.34. The van der Waals surface area contributed by atoms with Gasteiger partial charge in [0.15, 0.2) is 11.5 Å². The van der Waals surface area contributed by atoms with Crippen molar-refractivity contribution in [3.8, 4) is 17.2 Å². The molecule has 1 amide bonds. The zero-order chi connectivity index (χ0) is 13.0. The minimum absolute atomic E-state index is 0.0378. The molecule has 5 heteroatoms. The molecule has 1 aromatic carbocycles. The lowest BCUT2D eigenvalue weighted by molar-refractivity contribution is 0.0958. The Morgan fingerprint density at radius 1 is 1.33 bits per heavy atom. The second-order valence-corrected chi connectivity index (χ2v) is 3.53. The van der Waals surface area contributed by atoms with Crippen LogP contribution in [0.15, 0.2) is 42.6 Å². The summed E-state index contributed by atoms with van der Waals surface area (Å²) in [5, 5.41) is 12.1. The van der Waals surface area contributed by atoms with Crippen molar-refractivity contribution < 1.29 is 14.6 Å². The molecule has 0 bridgehead atoms. The predicted molar refractivity (Wildman–Crippen MR) is 65.8 cm³/mol. The monoisotopic (exact) mass is 244 g/mol. The van der Waals surface area contributed by atoms with E-state index in [4.69, 9.17) is 4.74 Å². The van der Waals surface area contributed by atoms with Gasteiger partial charge in [-0.05, 0) is 18.2 Å². The van der Waals surface area contributed by atoms with Crippen molar-refractivity contribution in [2.24, 2.45) is 0 Å². The second-order valence-electron chi connectivity index (χ2n) is 3.53. The lowest BCUT2D eigenvalue weighted by atomic mass is 10.3. The van der Waals surface area contributed by atoms with Gasteiger partial charge in [0.05, 0.1) is 0 Å². The zero-order valence-corrected chi connectivity index (χ0v) is 9.75. The van der Waals surface area contributed by atoms with Crippen molar-refractivity contribution in [3.63, 3.8) is 0 Å². The summed E-state index contributed by atoms with van der Waals surface area (Å²) >= 11 is 0. The number of nitrogens with zero attached hydrogens (tertiary/aromatic N) is 1. The van der Waals surface area contributed by atoms with Crippen molar-refractivity contribution >= 4 is 5.91 Å². The maximum Gasteiger partial charge on any atom is 0.269 e. The number of carbonyl (C=O) groups is 1. The van der Waals surface area contributed by atoms with Crippen LogP contribution in [0, 0.1) is 0 Å². The summed E-state index contributed by atoms with van der Waals surface area (Å²) in [4.78, 5) is 15.3. The molecule has 2 aromatic rings. The Balaban J connectivity index is 2.25. The standard InChI is InChI=1S/C13H12N2O3/c1-14-13(17)10-8-9(6-7-15-10)18-12-5-3-2-4-11(12)16/h2-8,16H,1H3,(H,14,17). The molecule has 0 radical (unpaired) electrons. The maximum absolute atomic E-state index is 11.4. The van der Waals surface area contributed by atoms with Crippen LogP contribution in [0.25, 0.3) is 0 Å². The molecule has 1 aromatic heterocycles. The van der Waals surface area contributed by atoms with Crippen LogP contribution in [0.5, 0.6) is 17.2 Å². The van der Waals surface area contributed by atoms with Gasteiger partial charge in [-0.3, -0.25) is 9.78 Å². The summed E-state index contributed by atoms with van der Waals surface area (Å²) < 4.78 is 5.47. The maximum atomic E-state index is 11.4. The number of nitrogens with one attached hydrogen (secondary N) is 1. The van der Waals surface area contributed by atoms with Crippen LogP contribution in [-0.4, -0.2) is 23.0 Å². The van der Waals surface area contributed by atoms with Crippen LogP contribution in [0.1, 0.15) is 10.5 Å². The molecule has 0 fully saturated rings. The molecular formula is C13H12N2O3. The summed E-state index contributed by atoms with van der Waals surface area (Å²) in [6.07, 6.45) is 1.47. The number of pyridine rings is 1. The fourth-order valence-corrected chi connectivity index (χ4v) is 1.40. The Morgan fingerprint density at radius 3 is 2.83 bits per heavy atom. The van der Waals surface area contributed by atoms with Gasteiger partial charge in [0.25, 0.3) is 5.91 Å². The Hall–Kier alpha value is -2.56. The van der Waals surface area contributed by atoms with E-state index in [0.29, 0.717) is 11.5 Å². The molecule has 0 saturated carbocycles. The highest BCUT2D eigenvalue weighted by atomic mass is 16.5. The number of amides is 1. The molecular weight excluding hydrogens is 232 g/mol. The smallest absolute Gasteiger partial charge is 0.269 e. The van der Waals surface area contributed by atoms with Crippen molar-refractivity contribution in [3.05, 3.63) is 48.3 Å². The fourth-order valence-electron chi connectivity index (χ4n) is 1.40. The van der Waals surface area contributed by atoms with Gasteiger partial charge in [-0.25, -0.2) is 0 Å². The Bertz CT molecular complexity index is 570. The number of phenols is 1. The number of para-hydroxylation sites is 2. The molecule has 0 spiro atoms. The van der Waals surface area contributed by atoms with Gasteiger partial charge in [0.1, 0.15) is 11.4 Å². The number of rotatable bonds is 3. The highest BCUT2D eigenvalue weighted by molar-refractivity contribution is 5.92. The fraction of sp³-hybridized carbons (Fsp3) is 0.0769. The van der Waals surface area contributed by atoms with Crippen molar-refractivity contribution in [1.29, 1.82) is 0 Å². The highest BCUT2D eigenvalue weighted by Crippen LogP contribution is 2.29. The predicted octanol–water partition coefficient (Wildman–Crippen LogP) is 1.94. The summed E-state index contributed by atoms with van der Waals surface area (Å²) in [6, 6.07) is 9.72. The van der Waals surface area contributed by atoms with Gasteiger partial charge in [-0.2, -0.15) is 0 Å². The van der Waals surface area contributed by atoms with Crippen molar-refractivity contribution in [2.45, 2.75) is 0 Å². The van der Waals surface area contributed by atoms with Crippen LogP contribution in [0.3, 0.4) is 0 Å². The Morgan fingerprint density at radius 2 is 2.11 bits per heavy atom. The molecule has 0 atom stereocenters. The van der Waals surface area contributed by atoms with Gasteiger partial charge in [0.2, 0.25) is 0 Å². The molecule has 5 nitrogen and oxygen atoms in total. The number of carbonyl (C=O) groups excluding carboxylic acids is 1. The number of ether oxygens (including phenoxy) is 1. The normalized spacial score (nSPS) is 9.83. The number of hydrogen-bond acceptors (Lipinski definition) is 4. The Labute approximate surface area is 104 Å². The van der Waals surface area contributed by atoms with E-state index in [1.54, 1.807) is 24.3 Å². The van der Waals surface area contributed by atoms with Crippen LogP contribution in [-0.2, 0) is 0 Å². The zero-order valence-electron chi connectivity index (χ0n) is 9.75. The largest absolute Gasteiger partial charge is 0.504 e. The van der Waals surface area contributed by atoms with E-state index < -0.39 is 0 Å². The molecule has 2 rings (SSSR count). The molecule has 1 heterocycles. The van der Waals surface area contributed by atoms with E-state index in [0.717, 1.165) is 0 Å². The van der Waals surface area contributed by atoms with Crippen LogP contribution < -0.4 is 10.1 Å². The number of benzene rings is 1. The first-order chi connectivity index (χ1) is 8.70. The molecule has 92 valence electrons. The van der Waals surface area contributed by atoms with E-state index in [1.165, 1.54) is 25.4 Å². The molecule has 2 N–H and O–H groups in total. The molecule has 0 aliphatic rings. The van der Waals surface area contributed by atoms with Gasteiger partial charge in [-0.1, -0.05) is 12.1 Å². The number of aromatic nitrogens is 1. The molecule has 0 aliphatic carbocycles. The first-order valence-electron chi connectivity index (χ1n) is 5.34. The van der Waals surface area contributed by atoms with E-state index in [1.807, 2.05) is 0 Å². The van der Waals surface area contributed by atoms with Crippen molar-refractivity contribution in [2.75, 3.05) is 7.05 Å². The van der Waals surface area contributed by atoms with Crippen LogP contribution >= 0.6 is 0 Å². The third-order valence-corrected chi connectivity index (χ3v) is 2.28. The topological polar surface area (TPSA) is 71.5 Å². The average Bonchev–Trinajstić information content (AvgIpc) is 2.41. The lowest BCUT2D eigenvalue weighted by Crippen LogP contribution is -2.18. The molecule has 0 saturated heterocycles. The van der Waals surface area contributed by atoms with Gasteiger partial charge >= 0.3 is 0 Å². The van der Waals surface area contributed by atoms with E-state index in [-0.39, 0.29) is 17.4 Å². The van der Waals surface area contributed by atoms with Crippen molar-refractivity contribution in [1.82, 2.24) is 10.3 Å². The third kappa shape index (κ3) is 2.57. The lowest BCUT2D eigenvalue weighted by Gasteiger charge is -2.07.